The number of anilines is 1. The summed E-state index contributed by atoms with van der Waals surface area (Å²) in [5.41, 5.74) is 1.80. The minimum atomic E-state index is -0.122. The van der Waals surface area contributed by atoms with Crippen molar-refractivity contribution in [1.29, 1.82) is 0 Å². The quantitative estimate of drug-likeness (QED) is 0.879. The zero-order chi connectivity index (χ0) is 15.0. The van der Waals surface area contributed by atoms with Crippen molar-refractivity contribution in [3.63, 3.8) is 0 Å². The fourth-order valence-corrected chi connectivity index (χ4v) is 3.37. The van der Waals surface area contributed by atoms with Gasteiger partial charge in [0.05, 0.1) is 5.56 Å². The number of aromatic nitrogens is 1. The summed E-state index contributed by atoms with van der Waals surface area (Å²) in [6.45, 7) is 7.90. The van der Waals surface area contributed by atoms with Gasteiger partial charge in [0.2, 0.25) is 0 Å². The van der Waals surface area contributed by atoms with Crippen LogP contribution >= 0.6 is 23.7 Å². The van der Waals surface area contributed by atoms with Gasteiger partial charge >= 0.3 is 0 Å². The first kappa shape index (κ1) is 17.0. The van der Waals surface area contributed by atoms with Crippen LogP contribution in [0, 0.1) is 0 Å². The largest absolute Gasteiger partial charge is 0.359 e. The van der Waals surface area contributed by atoms with Gasteiger partial charge in [0.1, 0.15) is 5.76 Å². The van der Waals surface area contributed by atoms with E-state index in [-0.39, 0.29) is 23.7 Å². The van der Waals surface area contributed by atoms with Crippen LogP contribution in [0.25, 0.3) is 0 Å². The average Bonchev–Trinajstić information content (AvgIpc) is 3.03. The Labute approximate surface area is 139 Å². The maximum atomic E-state index is 12.4. The molecular weight excluding hydrogens is 322 g/mol. The molecule has 5 nitrogen and oxygen atoms in total. The molecule has 7 heteroatoms. The number of hydrogen-bond donors (Lipinski definition) is 2. The molecular formula is C15H20ClN3O2S. The van der Waals surface area contributed by atoms with Crippen LogP contribution < -0.4 is 10.6 Å². The van der Waals surface area contributed by atoms with Crippen molar-refractivity contribution >= 4 is 35.5 Å². The van der Waals surface area contributed by atoms with Crippen molar-refractivity contribution in [1.82, 2.24) is 10.5 Å². The number of amides is 1. The fourth-order valence-electron chi connectivity index (χ4n) is 2.32. The zero-order valence-corrected chi connectivity index (χ0v) is 14.5. The Bertz CT molecular complexity index is 673. The lowest BCUT2D eigenvalue weighted by atomic mass is 9.93. The highest BCUT2D eigenvalue weighted by Crippen LogP contribution is 2.27. The molecule has 22 heavy (non-hydrogen) atoms. The Morgan fingerprint density at radius 2 is 2.23 bits per heavy atom. The second kappa shape index (κ2) is 6.40. The molecule has 0 bridgehead atoms. The molecule has 0 aromatic carbocycles. The second-order valence-corrected chi connectivity index (χ2v) is 7.22. The Balaban J connectivity index is 0.00000176. The zero-order valence-electron chi connectivity index (χ0n) is 12.9. The van der Waals surface area contributed by atoms with E-state index < -0.39 is 0 Å². The van der Waals surface area contributed by atoms with Crippen molar-refractivity contribution < 1.29 is 9.32 Å². The number of rotatable bonds is 2. The molecule has 0 saturated heterocycles. The predicted molar refractivity (Wildman–Crippen MR) is 90.1 cm³/mol. The molecule has 120 valence electrons. The van der Waals surface area contributed by atoms with Gasteiger partial charge in [-0.05, 0) is 18.5 Å². The lowest BCUT2D eigenvalue weighted by Gasteiger charge is -2.13. The molecule has 0 atom stereocenters. The van der Waals surface area contributed by atoms with Crippen molar-refractivity contribution in [3.05, 3.63) is 33.2 Å². The SMILES string of the molecule is CC(C)(C)c1cc(NC(=O)c2csc3c2CCNC3)no1.Cl. The third-order valence-corrected chi connectivity index (χ3v) is 4.58. The summed E-state index contributed by atoms with van der Waals surface area (Å²) in [7, 11) is 0. The number of thiophene rings is 1. The predicted octanol–water partition coefficient (Wildman–Crippen LogP) is 3.35. The van der Waals surface area contributed by atoms with Crippen LogP contribution in [0.15, 0.2) is 16.0 Å². The Morgan fingerprint density at radius 3 is 2.91 bits per heavy atom. The normalized spacial score (nSPS) is 14.1. The molecule has 0 spiro atoms. The molecule has 3 heterocycles. The molecule has 0 unspecified atom stereocenters. The minimum Gasteiger partial charge on any atom is -0.359 e. The highest BCUT2D eigenvalue weighted by molar-refractivity contribution is 7.10. The molecule has 3 rings (SSSR count). The van der Waals surface area contributed by atoms with Gasteiger partial charge in [0, 0.05) is 28.3 Å². The van der Waals surface area contributed by atoms with Crippen molar-refractivity contribution in [3.8, 4) is 0 Å². The molecule has 1 aliphatic heterocycles. The smallest absolute Gasteiger partial charge is 0.258 e. The average molecular weight is 342 g/mol. The van der Waals surface area contributed by atoms with Crippen molar-refractivity contribution in [2.75, 3.05) is 11.9 Å². The van der Waals surface area contributed by atoms with E-state index in [1.54, 1.807) is 17.4 Å². The van der Waals surface area contributed by atoms with Crippen LogP contribution in [-0.2, 0) is 18.4 Å². The summed E-state index contributed by atoms with van der Waals surface area (Å²) in [6, 6.07) is 1.79. The highest BCUT2D eigenvalue weighted by Gasteiger charge is 2.23. The van der Waals surface area contributed by atoms with Gasteiger partial charge < -0.3 is 15.2 Å². The maximum Gasteiger partial charge on any atom is 0.258 e. The minimum absolute atomic E-state index is 0. The molecule has 1 amide bonds. The van der Waals surface area contributed by atoms with Gasteiger partial charge in [0.25, 0.3) is 5.91 Å². The monoisotopic (exact) mass is 341 g/mol. The Morgan fingerprint density at radius 1 is 1.45 bits per heavy atom. The van der Waals surface area contributed by atoms with E-state index in [4.69, 9.17) is 4.52 Å². The van der Waals surface area contributed by atoms with E-state index in [0.717, 1.165) is 36.4 Å². The highest BCUT2D eigenvalue weighted by atomic mass is 35.5. The molecule has 2 N–H and O–H groups in total. The van der Waals surface area contributed by atoms with Crippen LogP contribution in [0.3, 0.4) is 0 Å². The number of halogens is 1. The first-order valence-corrected chi connectivity index (χ1v) is 7.91. The standard InChI is InChI=1S/C15H19N3O2S.ClH/c1-15(2,3)12-6-13(18-20-12)17-14(19)10-8-21-11-7-16-5-4-9(10)11;/h6,8,16H,4-5,7H2,1-3H3,(H,17,18,19);1H. The van der Waals surface area contributed by atoms with Gasteiger partial charge in [-0.15, -0.1) is 23.7 Å². The fraction of sp³-hybridized carbons (Fsp3) is 0.467. The van der Waals surface area contributed by atoms with E-state index in [1.807, 2.05) is 26.2 Å². The number of nitrogens with one attached hydrogen (secondary N) is 2. The van der Waals surface area contributed by atoms with Crippen LogP contribution in [0.4, 0.5) is 5.82 Å². The van der Waals surface area contributed by atoms with Gasteiger partial charge in [-0.3, -0.25) is 4.79 Å². The summed E-state index contributed by atoms with van der Waals surface area (Å²) < 4.78 is 5.29. The number of fused-ring (bicyclic) bond motifs is 1. The lowest BCUT2D eigenvalue weighted by Crippen LogP contribution is -2.24. The van der Waals surface area contributed by atoms with Crippen molar-refractivity contribution in [2.24, 2.45) is 0 Å². The Kier molecular flexibility index (Phi) is 4.94. The molecule has 0 fully saturated rings. The third-order valence-electron chi connectivity index (χ3n) is 3.55. The summed E-state index contributed by atoms with van der Waals surface area (Å²) >= 11 is 1.63. The van der Waals surface area contributed by atoms with Gasteiger partial charge in [-0.25, -0.2) is 0 Å². The summed E-state index contributed by atoms with van der Waals surface area (Å²) in [6.07, 6.45) is 0.896. The van der Waals surface area contributed by atoms with Crippen LogP contribution in [-0.4, -0.2) is 17.6 Å². The van der Waals surface area contributed by atoms with Gasteiger partial charge in [-0.1, -0.05) is 25.9 Å². The summed E-state index contributed by atoms with van der Waals surface area (Å²) in [4.78, 5) is 13.7. The first-order chi connectivity index (χ1) is 9.95. The van der Waals surface area contributed by atoms with E-state index in [9.17, 15) is 4.79 Å². The van der Waals surface area contributed by atoms with Gasteiger partial charge in [0.15, 0.2) is 5.82 Å². The van der Waals surface area contributed by atoms with Crippen LogP contribution in [0.2, 0.25) is 0 Å². The number of carbonyl (C=O) groups excluding carboxylic acids is 1. The van der Waals surface area contributed by atoms with E-state index in [2.05, 4.69) is 15.8 Å². The molecule has 0 radical (unpaired) electrons. The molecule has 2 aromatic heterocycles. The van der Waals surface area contributed by atoms with E-state index in [0.29, 0.717) is 5.82 Å². The number of hydrogen-bond acceptors (Lipinski definition) is 5. The first-order valence-electron chi connectivity index (χ1n) is 7.03. The van der Waals surface area contributed by atoms with Crippen LogP contribution in [0.1, 0.15) is 47.3 Å². The van der Waals surface area contributed by atoms with Gasteiger partial charge in [-0.2, -0.15) is 0 Å². The number of nitrogens with zero attached hydrogens (tertiary/aromatic N) is 1. The number of carbonyl (C=O) groups is 1. The molecule has 1 aliphatic rings. The molecule has 0 saturated carbocycles. The van der Waals surface area contributed by atoms with Crippen LogP contribution in [0.5, 0.6) is 0 Å². The maximum absolute atomic E-state index is 12.4. The molecule has 0 aliphatic carbocycles. The van der Waals surface area contributed by atoms with E-state index >= 15 is 0 Å². The second-order valence-electron chi connectivity index (χ2n) is 6.26. The summed E-state index contributed by atoms with van der Waals surface area (Å²) in [5, 5.41) is 12.0. The summed E-state index contributed by atoms with van der Waals surface area (Å²) in [5.74, 6) is 1.12. The molecule has 2 aromatic rings. The third kappa shape index (κ3) is 3.34. The van der Waals surface area contributed by atoms with E-state index in [1.165, 1.54) is 4.88 Å². The van der Waals surface area contributed by atoms with Crippen molar-refractivity contribution in [2.45, 2.75) is 39.2 Å². The lowest BCUT2D eigenvalue weighted by molar-refractivity contribution is 0.102. The topological polar surface area (TPSA) is 67.2 Å². The Hall–Kier alpha value is -1.37.